The van der Waals surface area contributed by atoms with E-state index >= 15 is 0 Å². The predicted octanol–water partition coefficient (Wildman–Crippen LogP) is 4.84. The molecular formula is C27H27ClN2O5. The Bertz CT molecular complexity index is 1190. The Morgan fingerprint density at radius 3 is 2.26 bits per heavy atom. The molecule has 3 aromatic carbocycles. The molecule has 0 saturated heterocycles. The van der Waals surface area contributed by atoms with Gasteiger partial charge in [-0.25, -0.2) is 4.79 Å². The molecule has 1 unspecified atom stereocenters. The number of hydrogen-bond acceptors (Lipinski definition) is 5. The molecule has 2 N–H and O–H groups in total. The van der Waals surface area contributed by atoms with Gasteiger partial charge in [0.25, 0.3) is 5.91 Å². The number of anilines is 1. The van der Waals surface area contributed by atoms with E-state index in [-0.39, 0.29) is 24.6 Å². The summed E-state index contributed by atoms with van der Waals surface area (Å²) in [5, 5.41) is 5.90. The highest BCUT2D eigenvalue weighted by molar-refractivity contribution is 6.30. The molecule has 35 heavy (non-hydrogen) atoms. The van der Waals surface area contributed by atoms with E-state index in [0.29, 0.717) is 16.5 Å². The van der Waals surface area contributed by atoms with Crippen molar-refractivity contribution in [2.45, 2.75) is 33.5 Å². The van der Waals surface area contributed by atoms with Crippen molar-refractivity contribution in [3.63, 3.8) is 0 Å². The van der Waals surface area contributed by atoms with E-state index in [9.17, 15) is 14.4 Å². The molecule has 0 saturated carbocycles. The summed E-state index contributed by atoms with van der Waals surface area (Å²) in [6.07, 6.45) is -1.11. The molecule has 0 spiro atoms. The fourth-order valence-corrected chi connectivity index (χ4v) is 3.41. The second-order valence-electron chi connectivity index (χ2n) is 7.99. The summed E-state index contributed by atoms with van der Waals surface area (Å²) in [5.41, 5.74) is 3.62. The molecule has 8 heteroatoms. The second-order valence-corrected chi connectivity index (χ2v) is 8.43. The number of rotatable bonds is 9. The minimum atomic E-state index is -1.11. The average molecular weight is 495 g/mol. The summed E-state index contributed by atoms with van der Waals surface area (Å²) in [7, 11) is 0. The molecule has 7 nitrogen and oxygen atoms in total. The van der Waals surface area contributed by atoms with Crippen molar-refractivity contribution in [1.82, 2.24) is 5.32 Å². The molecule has 0 radical (unpaired) electrons. The van der Waals surface area contributed by atoms with E-state index in [2.05, 4.69) is 10.6 Å². The van der Waals surface area contributed by atoms with Crippen molar-refractivity contribution in [1.29, 1.82) is 0 Å². The number of para-hydroxylation sites is 2. The third-order valence-corrected chi connectivity index (χ3v) is 5.49. The lowest BCUT2D eigenvalue weighted by Gasteiger charge is -2.16. The highest BCUT2D eigenvalue weighted by atomic mass is 35.5. The normalized spacial score (nSPS) is 11.3. The lowest BCUT2D eigenvalue weighted by molar-refractivity contribution is -0.130. The first-order valence-electron chi connectivity index (χ1n) is 11.1. The molecule has 0 aliphatic carbocycles. The number of nitrogens with one attached hydrogen (secondary N) is 2. The standard InChI is InChI=1S/C27H27ClN2O5/c1-17-7-6-8-18(2)25(17)30-24(31)15-29-26(32)19(3)35-27(33)22-9-4-5-10-23(22)34-16-20-11-13-21(28)14-12-20/h4-14,19H,15-16H2,1-3H3,(H,29,32)(H,30,31). The number of aryl methyl sites for hydroxylation is 2. The van der Waals surface area contributed by atoms with E-state index in [1.807, 2.05) is 44.2 Å². The van der Waals surface area contributed by atoms with Crippen molar-refractivity contribution in [2.24, 2.45) is 0 Å². The zero-order valence-corrected chi connectivity index (χ0v) is 20.5. The zero-order chi connectivity index (χ0) is 25.4. The summed E-state index contributed by atoms with van der Waals surface area (Å²) < 4.78 is 11.1. The molecule has 1 atom stereocenters. The summed E-state index contributed by atoms with van der Waals surface area (Å²) >= 11 is 5.90. The summed E-state index contributed by atoms with van der Waals surface area (Å²) in [6, 6.07) is 19.5. The summed E-state index contributed by atoms with van der Waals surface area (Å²) in [5.74, 6) is -1.35. The number of amides is 2. The van der Waals surface area contributed by atoms with Gasteiger partial charge in [0, 0.05) is 10.7 Å². The molecular weight excluding hydrogens is 468 g/mol. The van der Waals surface area contributed by atoms with Crippen LogP contribution in [0.1, 0.15) is 34.0 Å². The lowest BCUT2D eigenvalue weighted by atomic mass is 10.1. The van der Waals surface area contributed by atoms with Gasteiger partial charge in [-0.15, -0.1) is 0 Å². The maximum Gasteiger partial charge on any atom is 0.342 e. The molecule has 0 fully saturated rings. The summed E-state index contributed by atoms with van der Waals surface area (Å²) in [4.78, 5) is 37.4. The molecule has 0 aliphatic rings. The van der Waals surface area contributed by atoms with Crippen LogP contribution in [0.15, 0.2) is 66.7 Å². The lowest BCUT2D eigenvalue weighted by Crippen LogP contribution is -2.40. The molecule has 3 aromatic rings. The molecule has 2 amide bonds. The molecule has 0 bridgehead atoms. The van der Waals surface area contributed by atoms with Crippen LogP contribution in [0.3, 0.4) is 0 Å². The number of ether oxygens (including phenoxy) is 2. The van der Waals surface area contributed by atoms with Gasteiger partial charge in [-0.05, 0) is 61.7 Å². The number of halogens is 1. The quantitative estimate of drug-likeness (QED) is 0.415. The highest BCUT2D eigenvalue weighted by Crippen LogP contribution is 2.22. The molecule has 3 rings (SSSR count). The van der Waals surface area contributed by atoms with Gasteiger partial charge in [-0.2, -0.15) is 0 Å². The molecule has 0 aromatic heterocycles. The topological polar surface area (TPSA) is 93.7 Å². The van der Waals surface area contributed by atoms with Gasteiger partial charge in [-0.1, -0.05) is 54.1 Å². The third kappa shape index (κ3) is 7.32. The first-order chi connectivity index (χ1) is 16.7. The number of carbonyl (C=O) groups is 3. The van der Waals surface area contributed by atoms with Crippen molar-refractivity contribution < 1.29 is 23.9 Å². The van der Waals surface area contributed by atoms with Crippen LogP contribution in [0.2, 0.25) is 5.02 Å². The Morgan fingerprint density at radius 2 is 1.57 bits per heavy atom. The van der Waals surface area contributed by atoms with Crippen LogP contribution in [0, 0.1) is 13.8 Å². The van der Waals surface area contributed by atoms with Crippen LogP contribution in [-0.4, -0.2) is 30.4 Å². The zero-order valence-electron chi connectivity index (χ0n) is 19.8. The van der Waals surface area contributed by atoms with Crippen LogP contribution in [0.5, 0.6) is 5.75 Å². The maximum atomic E-state index is 12.7. The van der Waals surface area contributed by atoms with E-state index in [0.717, 1.165) is 16.7 Å². The van der Waals surface area contributed by atoms with Gasteiger partial charge in [0.1, 0.15) is 17.9 Å². The van der Waals surface area contributed by atoms with Gasteiger partial charge in [0.15, 0.2) is 6.10 Å². The maximum absolute atomic E-state index is 12.7. The van der Waals surface area contributed by atoms with E-state index in [1.165, 1.54) is 6.92 Å². The van der Waals surface area contributed by atoms with Crippen molar-refractivity contribution in [3.05, 3.63) is 94.0 Å². The monoisotopic (exact) mass is 494 g/mol. The minimum absolute atomic E-state index is 0.189. The summed E-state index contributed by atoms with van der Waals surface area (Å²) in [6.45, 7) is 5.19. The van der Waals surface area contributed by atoms with E-state index in [1.54, 1.807) is 36.4 Å². The molecule has 0 aliphatic heterocycles. The Hall–Kier alpha value is -3.84. The van der Waals surface area contributed by atoms with Crippen LogP contribution in [0.4, 0.5) is 5.69 Å². The van der Waals surface area contributed by atoms with E-state index < -0.39 is 18.0 Å². The Kier molecular flexibility index (Phi) is 8.86. The fourth-order valence-electron chi connectivity index (χ4n) is 3.29. The number of esters is 1. The average Bonchev–Trinajstić information content (AvgIpc) is 2.84. The van der Waals surface area contributed by atoms with E-state index in [4.69, 9.17) is 21.1 Å². The Labute approximate surface area is 209 Å². The van der Waals surface area contributed by atoms with Gasteiger partial charge in [-0.3, -0.25) is 9.59 Å². The fraction of sp³-hybridized carbons (Fsp3) is 0.222. The first-order valence-corrected chi connectivity index (χ1v) is 11.4. The number of hydrogen-bond donors (Lipinski definition) is 2. The van der Waals surface area contributed by atoms with Crippen molar-refractivity contribution >= 4 is 35.1 Å². The largest absolute Gasteiger partial charge is 0.488 e. The Balaban J connectivity index is 1.53. The molecule has 182 valence electrons. The van der Waals surface area contributed by atoms with Gasteiger partial charge in [0.05, 0.1) is 6.54 Å². The van der Waals surface area contributed by atoms with Crippen LogP contribution >= 0.6 is 11.6 Å². The number of benzene rings is 3. The van der Waals surface area contributed by atoms with Gasteiger partial charge in [0.2, 0.25) is 5.91 Å². The predicted molar refractivity (Wildman–Crippen MR) is 135 cm³/mol. The minimum Gasteiger partial charge on any atom is -0.488 e. The highest BCUT2D eigenvalue weighted by Gasteiger charge is 2.22. The molecule has 0 heterocycles. The number of carbonyl (C=O) groups excluding carboxylic acids is 3. The first kappa shape index (κ1) is 25.8. The third-order valence-electron chi connectivity index (χ3n) is 5.24. The van der Waals surface area contributed by atoms with Crippen LogP contribution in [0.25, 0.3) is 0 Å². The van der Waals surface area contributed by atoms with Crippen LogP contribution < -0.4 is 15.4 Å². The van der Waals surface area contributed by atoms with Crippen molar-refractivity contribution in [3.8, 4) is 5.75 Å². The SMILES string of the molecule is Cc1cccc(C)c1NC(=O)CNC(=O)C(C)OC(=O)c1ccccc1OCc1ccc(Cl)cc1. The van der Waals surface area contributed by atoms with Gasteiger partial charge >= 0.3 is 5.97 Å². The van der Waals surface area contributed by atoms with Crippen LogP contribution in [-0.2, 0) is 20.9 Å². The second kappa shape index (κ2) is 12.0. The van der Waals surface area contributed by atoms with Gasteiger partial charge < -0.3 is 20.1 Å². The van der Waals surface area contributed by atoms with Crippen molar-refractivity contribution in [2.75, 3.05) is 11.9 Å². The smallest absolute Gasteiger partial charge is 0.342 e. The Morgan fingerprint density at radius 1 is 0.914 bits per heavy atom.